The predicted octanol–water partition coefficient (Wildman–Crippen LogP) is 3.35. The molecule has 0 amide bonds. The van der Waals surface area contributed by atoms with Gasteiger partial charge in [-0.05, 0) is 24.3 Å². The van der Waals surface area contributed by atoms with Crippen molar-refractivity contribution in [2.24, 2.45) is 0 Å². The van der Waals surface area contributed by atoms with Crippen LogP contribution in [0.2, 0.25) is 0 Å². The average molecular weight is 282 g/mol. The lowest BCUT2D eigenvalue weighted by atomic mass is 10.2. The van der Waals surface area contributed by atoms with E-state index in [1.54, 1.807) is 37.3 Å². The lowest BCUT2D eigenvalue weighted by Crippen LogP contribution is -1.99. The molecule has 1 aromatic carbocycles. The number of nitrogens with zero attached hydrogens (tertiary/aromatic N) is 2. The van der Waals surface area contributed by atoms with Crippen molar-refractivity contribution in [1.82, 2.24) is 4.98 Å². The molecule has 0 unspecified atom stereocenters. The molecule has 0 bridgehead atoms. The van der Waals surface area contributed by atoms with Gasteiger partial charge in [0.15, 0.2) is 5.78 Å². The van der Waals surface area contributed by atoms with Gasteiger partial charge >= 0.3 is 0 Å². The number of carbonyl (C=O) groups excluding carboxylic acids is 1. The van der Waals surface area contributed by atoms with Crippen molar-refractivity contribution in [3.05, 3.63) is 47.8 Å². The fraction of sp³-hybridized carbons (Fsp3) is 0.188. The maximum atomic E-state index is 11.5. The highest BCUT2D eigenvalue weighted by Gasteiger charge is 2.07. The predicted molar refractivity (Wildman–Crippen MR) is 76.6 cm³/mol. The summed E-state index contributed by atoms with van der Waals surface area (Å²) in [6.45, 7) is 1.79. The summed E-state index contributed by atoms with van der Waals surface area (Å²) in [6, 6.07) is 10.2. The van der Waals surface area contributed by atoms with Crippen LogP contribution in [0.1, 0.15) is 29.4 Å². The minimum atomic E-state index is -0.0188. The van der Waals surface area contributed by atoms with Gasteiger partial charge in [0.1, 0.15) is 22.9 Å². The molecule has 2 aromatic rings. The van der Waals surface area contributed by atoms with E-state index < -0.39 is 0 Å². The second kappa shape index (κ2) is 6.53. The zero-order chi connectivity index (χ0) is 15.2. The summed E-state index contributed by atoms with van der Waals surface area (Å²) in [6.07, 6.45) is 1.89. The molecule has 5 heteroatoms. The molecule has 0 spiro atoms. The first-order chi connectivity index (χ1) is 10.2. The summed E-state index contributed by atoms with van der Waals surface area (Å²) in [5, 5.41) is 8.96. The third kappa shape index (κ3) is 3.57. The fourth-order valence-corrected chi connectivity index (χ4v) is 1.74. The summed E-state index contributed by atoms with van der Waals surface area (Å²) in [7, 11) is 1.52. The van der Waals surface area contributed by atoms with Crippen LogP contribution in [0.25, 0.3) is 0 Å². The van der Waals surface area contributed by atoms with Crippen LogP contribution in [0.4, 0.5) is 0 Å². The Bertz CT molecular complexity index is 688. The Kier molecular flexibility index (Phi) is 4.52. The first-order valence-corrected chi connectivity index (χ1v) is 6.42. The Morgan fingerprint density at radius 2 is 2.00 bits per heavy atom. The molecule has 0 atom stereocenters. The van der Waals surface area contributed by atoms with E-state index in [0.29, 0.717) is 34.9 Å². The van der Waals surface area contributed by atoms with Gasteiger partial charge in [0.25, 0.3) is 0 Å². The van der Waals surface area contributed by atoms with Crippen LogP contribution in [-0.4, -0.2) is 17.9 Å². The molecule has 0 saturated heterocycles. The van der Waals surface area contributed by atoms with E-state index in [1.165, 1.54) is 13.3 Å². The highest BCUT2D eigenvalue weighted by Crippen LogP contribution is 2.26. The minimum absolute atomic E-state index is 0.0188. The monoisotopic (exact) mass is 282 g/mol. The van der Waals surface area contributed by atoms with Gasteiger partial charge in [-0.25, -0.2) is 4.98 Å². The molecule has 1 aromatic heterocycles. The smallest absolute Gasteiger partial charge is 0.180 e. The molecule has 0 radical (unpaired) electrons. The number of carbonyl (C=O) groups is 1. The zero-order valence-corrected chi connectivity index (χ0v) is 11.8. The summed E-state index contributed by atoms with van der Waals surface area (Å²) in [5.74, 6) is 1.48. The summed E-state index contributed by atoms with van der Waals surface area (Å²) < 4.78 is 10.7. The molecule has 0 aliphatic carbocycles. The van der Waals surface area contributed by atoms with E-state index in [9.17, 15) is 4.79 Å². The number of ether oxygens (including phenoxy) is 2. The molecule has 0 aliphatic rings. The number of ketones is 1. The normalized spacial score (nSPS) is 9.76. The van der Waals surface area contributed by atoms with Crippen LogP contribution in [0.15, 0.2) is 36.5 Å². The number of pyridine rings is 1. The van der Waals surface area contributed by atoms with Gasteiger partial charge in [-0.1, -0.05) is 6.92 Å². The van der Waals surface area contributed by atoms with Gasteiger partial charge in [-0.3, -0.25) is 4.79 Å². The quantitative estimate of drug-likeness (QED) is 0.786. The van der Waals surface area contributed by atoms with Crippen molar-refractivity contribution >= 4 is 5.78 Å². The van der Waals surface area contributed by atoms with Crippen molar-refractivity contribution in [3.63, 3.8) is 0 Å². The Morgan fingerprint density at radius 3 is 2.57 bits per heavy atom. The van der Waals surface area contributed by atoms with Crippen molar-refractivity contribution < 1.29 is 14.3 Å². The Morgan fingerprint density at radius 1 is 1.24 bits per heavy atom. The van der Waals surface area contributed by atoms with Crippen molar-refractivity contribution in [2.45, 2.75) is 13.3 Å². The molecule has 1 heterocycles. The lowest BCUT2D eigenvalue weighted by molar-refractivity contribution is 0.0983. The van der Waals surface area contributed by atoms with Crippen molar-refractivity contribution in [3.8, 4) is 23.3 Å². The molecular formula is C16H14N2O3. The van der Waals surface area contributed by atoms with E-state index in [4.69, 9.17) is 14.7 Å². The van der Waals surface area contributed by atoms with E-state index in [0.717, 1.165) is 0 Å². The first-order valence-electron chi connectivity index (χ1n) is 6.42. The van der Waals surface area contributed by atoms with E-state index in [1.807, 2.05) is 6.07 Å². The molecular weight excluding hydrogens is 268 g/mol. The number of Topliss-reactive ketones (excluding diaryl/α,β-unsaturated/α-hetero) is 1. The number of benzene rings is 1. The second-order valence-corrected chi connectivity index (χ2v) is 4.27. The van der Waals surface area contributed by atoms with Crippen molar-refractivity contribution in [2.75, 3.05) is 7.11 Å². The van der Waals surface area contributed by atoms with Crippen molar-refractivity contribution in [1.29, 1.82) is 5.26 Å². The van der Waals surface area contributed by atoms with E-state index in [2.05, 4.69) is 4.98 Å². The van der Waals surface area contributed by atoms with Crippen LogP contribution >= 0.6 is 0 Å². The molecule has 0 fully saturated rings. The molecule has 0 N–H and O–H groups in total. The third-order valence-corrected chi connectivity index (χ3v) is 2.82. The number of hydrogen-bond donors (Lipinski definition) is 0. The molecule has 0 saturated carbocycles. The average Bonchev–Trinajstić information content (AvgIpc) is 2.54. The Balaban J connectivity index is 2.22. The van der Waals surface area contributed by atoms with Gasteiger partial charge in [-0.2, -0.15) is 5.26 Å². The Hall–Kier alpha value is -2.87. The van der Waals surface area contributed by atoms with Crippen LogP contribution in [0.5, 0.6) is 17.2 Å². The molecule has 0 aliphatic heterocycles. The molecule has 21 heavy (non-hydrogen) atoms. The number of nitriles is 1. The summed E-state index contributed by atoms with van der Waals surface area (Å²) in [4.78, 5) is 15.6. The van der Waals surface area contributed by atoms with Crippen LogP contribution in [-0.2, 0) is 0 Å². The molecule has 2 rings (SSSR count). The summed E-state index contributed by atoms with van der Waals surface area (Å²) >= 11 is 0. The lowest BCUT2D eigenvalue weighted by Gasteiger charge is -2.08. The van der Waals surface area contributed by atoms with Crippen LogP contribution < -0.4 is 9.47 Å². The molecule has 5 nitrogen and oxygen atoms in total. The van der Waals surface area contributed by atoms with Gasteiger partial charge in [0.2, 0.25) is 0 Å². The van der Waals surface area contributed by atoms with Crippen LogP contribution in [0, 0.1) is 11.3 Å². The maximum Gasteiger partial charge on any atom is 0.180 e. The highest BCUT2D eigenvalue weighted by atomic mass is 16.5. The maximum absolute atomic E-state index is 11.5. The van der Waals surface area contributed by atoms with Gasteiger partial charge in [0.05, 0.1) is 24.9 Å². The number of aromatic nitrogens is 1. The second-order valence-electron chi connectivity index (χ2n) is 4.27. The SMILES string of the molecule is CCC(=O)c1ccc(Oc2cc(C#N)cc(OC)c2)cn1. The number of methoxy groups -OCH3 is 1. The standard InChI is InChI=1S/C16H14N2O3/c1-3-16(19)15-5-4-12(10-18-15)21-14-7-11(9-17)6-13(8-14)20-2/h4-8,10H,3H2,1-2H3. The van der Waals surface area contributed by atoms with Gasteiger partial charge < -0.3 is 9.47 Å². The third-order valence-electron chi connectivity index (χ3n) is 2.82. The van der Waals surface area contributed by atoms with E-state index >= 15 is 0 Å². The molecule has 106 valence electrons. The fourth-order valence-electron chi connectivity index (χ4n) is 1.74. The zero-order valence-electron chi connectivity index (χ0n) is 11.8. The minimum Gasteiger partial charge on any atom is -0.497 e. The first kappa shape index (κ1) is 14.5. The highest BCUT2D eigenvalue weighted by molar-refractivity contribution is 5.93. The van der Waals surface area contributed by atoms with Gasteiger partial charge in [-0.15, -0.1) is 0 Å². The Labute approximate surface area is 122 Å². The van der Waals surface area contributed by atoms with Crippen LogP contribution in [0.3, 0.4) is 0 Å². The largest absolute Gasteiger partial charge is 0.497 e. The topological polar surface area (TPSA) is 72.2 Å². The number of hydrogen-bond acceptors (Lipinski definition) is 5. The summed E-state index contributed by atoms with van der Waals surface area (Å²) in [5.41, 5.74) is 0.850. The van der Waals surface area contributed by atoms with E-state index in [-0.39, 0.29) is 5.78 Å². The number of rotatable bonds is 5. The van der Waals surface area contributed by atoms with Gasteiger partial charge in [0, 0.05) is 12.5 Å².